The molecule has 0 aliphatic carbocycles. The molecule has 0 N–H and O–H groups in total. The van der Waals surface area contributed by atoms with Gasteiger partial charge in [-0.3, -0.25) is 9.56 Å². The maximum atomic E-state index is 13.0. The summed E-state index contributed by atoms with van der Waals surface area (Å²) in [4.78, 5) is 4.32. The Labute approximate surface area is 141 Å². The van der Waals surface area contributed by atoms with Crippen LogP contribution in [0.25, 0.3) is 0 Å². The number of benzene rings is 1. The Morgan fingerprint density at radius 1 is 1.27 bits per heavy atom. The zero-order chi connectivity index (χ0) is 16.6. The molecule has 122 valence electrons. The van der Waals surface area contributed by atoms with E-state index in [1.807, 2.05) is 18.2 Å². The third kappa shape index (κ3) is 4.43. The van der Waals surface area contributed by atoms with Gasteiger partial charge in [-0.25, -0.2) is 0 Å². The summed E-state index contributed by atoms with van der Waals surface area (Å²) >= 11 is 12.8. The Bertz CT molecular complexity index is 551. The molecule has 1 aromatic rings. The molecular formula is C15H20Cl2NO3P. The van der Waals surface area contributed by atoms with Gasteiger partial charge in [-0.1, -0.05) is 59.6 Å². The molecule has 0 aliphatic heterocycles. The highest BCUT2D eigenvalue weighted by atomic mass is 35.5. The van der Waals surface area contributed by atoms with Crippen molar-refractivity contribution in [2.24, 2.45) is 4.99 Å². The molecule has 0 unspecified atom stereocenters. The van der Waals surface area contributed by atoms with Gasteiger partial charge in [0.2, 0.25) is 0 Å². The van der Waals surface area contributed by atoms with Gasteiger partial charge in [0.15, 0.2) is 0 Å². The van der Waals surface area contributed by atoms with E-state index in [-0.39, 0.29) is 25.5 Å². The van der Waals surface area contributed by atoms with Crippen LogP contribution in [0, 0.1) is 0 Å². The molecule has 4 nitrogen and oxygen atoms in total. The van der Waals surface area contributed by atoms with Gasteiger partial charge in [0, 0.05) is 0 Å². The number of hydrogen-bond acceptors (Lipinski definition) is 4. The summed E-state index contributed by atoms with van der Waals surface area (Å²) in [5.74, 6) is 0. The van der Waals surface area contributed by atoms with Crippen molar-refractivity contribution >= 4 is 36.5 Å². The van der Waals surface area contributed by atoms with Crippen LogP contribution in [0.5, 0.6) is 0 Å². The molecule has 0 amide bonds. The van der Waals surface area contributed by atoms with Crippen LogP contribution in [0.2, 0.25) is 0 Å². The van der Waals surface area contributed by atoms with Crippen LogP contribution in [0.1, 0.15) is 19.4 Å². The molecule has 0 aliphatic rings. The molecule has 0 bridgehead atoms. The number of rotatable bonds is 9. The fourth-order valence-corrected chi connectivity index (χ4v) is 4.24. The Hall–Kier alpha value is -0.640. The number of aliphatic imine (C=N–C) groups is 1. The second-order valence-electron chi connectivity index (χ2n) is 4.22. The number of halogens is 2. The van der Waals surface area contributed by atoms with Crippen molar-refractivity contribution in [2.45, 2.75) is 17.9 Å². The van der Waals surface area contributed by atoms with Crippen molar-refractivity contribution in [3.8, 4) is 0 Å². The summed E-state index contributed by atoms with van der Waals surface area (Å²) in [6, 6.07) is 9.04. The van der Waals surface area contributed by atoms with E-state index < -0.39 is 11.7 Å². The van der Waals surface area contributed by atoms with Crippen LogP contribution in [-0.2, 0) is 13.6 Å². The van der Waals surface area contributed by atoms with Gasteiger partial charge in [-0.2, -0.15) is 0 Å². The lowest BCUT2D eigenvalue weighted by molar-refractivity contribution is 0.219. The standard InChI is InChI=1S/C15H20Cl2NO3P/c1-4-12-18-14(13-10-8-7-9-11-13)15(16,17)22(19,20-5-2)21-6-3/h4,7-11H,1,5-6,12H2,2-3H3. The SMILES string of the molecule is C=CCN=C(c1ccccc1)C(Cl)(Cl)P(=O)(OCC)OCC. The highest BCUT2D eigenvalue weighted by molar-refractivity contribution is 7.61. The first-order valence-corrected chi connectivity index (χ1v) is 9.21. The predicted octanol–water partition coefficient (Wildman–Crippen LogP) is 5.06. The van der Waals surface area contributed by atoms with Gasteiger partial charge in [-0.15, -0.1) is 6.58 Å². The number of alkyl halides is 2. The maximum absolute atomic E-state index is 13.0. The zero-order valence-corrected chi connectivity index (χ0v) is 15.1. The van der Waals surface area contributed by atoms with Gasteiger partial charge >= 0.3 is 7.60 Å². The topological polar surface area (TPSA) is 47.9 Å². The van der Waals surface area contributed by atoms with Crippen LogP contribution < -0.4 is 0 Å². The third-order valence-corrected chi connectivity index (χ3v) is 6.35. The van der Waals surface area contributed by atoms with Crippen molar-refractivity contribution in [2.75, 3.05) is 19.8 Å². The summed E-state index contributed by atoms with van der Waals surface area (Å²) in [5, 5.41) is 0. The van der Waals surface area contributed by atoms with Crippen molar-refractivity contribution in [1.82, 2.24) is 0 Å². The number of nitrogens with zero attached hydrogens (tertiary/aromatic N) is 1. The largest absolute Gasteiger partial charge is 0.372 e. The molecule has 0 heterocycles. The minimum Gasteiger partial charge on any atom is -0.306 e. The molecule has 0 saturated heterocycles. The fourth-order valence-electron chi connectivity index (χ4n) is 1.78. The van der Waals surface area contributed by atoms with Crippen molar-refractivity contribution in [1.29, 1.82) is 0 Å². The molecule has 22 heavy (non-hydrogen) atoms. The fraction of sp³-hybridized carbons (Fsp3) is 0.400. The van der Waals surface area contributed by atoms with Crippen LogP contribution >= 0.6 is 30.8 Å². The van der Waals surface area contributed by atoms with Crippen LogP contribution in [0.15, 0.2) is 48.0 Å². The quantitative estimate of drug-likeness (QED) is 0.266. The van der Waals surface area contributed by atoms with E-state index in [9.17, 15) is 4.57 Å². The van der Waals surface area contributed by atoms with Crippen molar-refractivity contribution in [3.63, 3.8) is 0 Å². The predicted molar refractivity (Wildman–Crippen MR) is 93.3 cm³/mol. The lowest BCUT2D eigenvalue weighted by Crippen LogP contribution is -2.30. The third-order valence-electron chi connectivity index (χ3n) is 2.65. The minimum atomic E-state index is -3.82. The second-order valence-corrected chi connectivity index (χ2v) is 8.25. The summed E-state index contributed by atoms with van der Waals surface area (Å²) in [7, 11) is -3.82. The molecule has 1 rings (SSSR count). The van der Waals surface area contributed by atoms with Gasteiger partial charge in [0.05, 0.1) is 25.5 Å². The second kappa shape index (κ2) is 8.85. The van der Waals surface area contributed by atoms with E-state index in [2.05, 4.69) is 11.6 Å². The van der Waals surface area contributed by atoms with E-state index in [0.717, 1.165) is 0 Å². The van der Waals surface area contributed by atoms with E-state index >= 15 is 0 Å². The van der Waals surface area contributed by atoms with Gasteiger partial charge in [0.25, 0.3) is 4.07 Å². The van der Waals surface area contributed by atoms with E-state index in [1.54, 1.807) is 32.1 Å². The average molecular weight is 364 g/mol. The molecule has 0 radical (unpaired) electrons. The average Bonchev–Trinajstić information content (AvgIpc) is 2.49. The molecule has 0 atom stereocenters. The lowest BCUT2D eigenvalue weighted by Gasteiger charge is -2.29. The molecule has 0 aromatic heterocycles. The molecule has 1 aromatic carbocycles. The van der Waals surface area contributed by atoms with E-state index in [4.69, 9.17) is 32.2 Å². The van der Waals surface area contributed by atoms with Crippen LogP contribution in [0.4, 0.5) is 0 Å². The summed E-state index contributed by atoms with van der Waals surface area (Å²) < 4.78 is 21.6. The highest BCUT2D eigenvalue weighted by Gasteiger charge is 2.53. The first-order chi connectivity index (χ1) is 10.4. The Balaban J connectivity index is 3.38. The normalized spacial score (nSPS) is 13.2. The van der Waals surface area contributed by atoms with Gasteiger partial charge in [-0.05, 0) is 19.4 Å². The van der Waals surface area contributed by atoms with Crippen molar-refractivity contribution < 1.29 is 13.6 Å². The first kappa shape index (κ1) is 19.4. The zero-order valence-electron chi connectivity index (χ0n) is 12.7. The Morgan fingerprint density at radius 3 is 2.27 bits per heavy atom. The summed E-state index contributed by atoms with van der Waals surface area (Å²) in [5.41, 5.74) is 0.885. The Morgan fingerprint density at radius 2 is 1.82 bits per heavy atom. The summed E-state index contributed by atoms with van der Waals surface area (Å²) in [6.45, 7) is 7.60. The molecule has 0 fully saturated rings. The first-order valence-electron chi connectivity index (χ1n) is 6.91. The van der Waals surface area contributed by atoms with Gasteiger partial charge < -0.3 is 9.05 Å². The van der Waals surface area contributed by atoms with E-state index in [0.29, 0.717) is 5.56 Å². The van der Waals surface area contributed by atoms with E-state index in [1.165, 1.54) is 0 Å². The summed E-state index contributed by atoms with van der Waals surface area (Å²) in [6.07, 6.45) is 1.60. The van der Waals surface area contributed by atoms with Crippen LogP contribution in [0.3, 0.4) is 0 Å². The van der Waals surface area contributed by atoms with Crippen LogP contribution in [-0.4, -0.2) is 29.5 Å². The molecular weight excluding hydrogens is 344 g/mol. The lowest BCUT2D eigenvalue weighted by atomic mass is 10.1. The van der Waals surface area contributed by atoms with Gasteiger partial charge in [0.1, 0.15) is 0 Å². The smallest absolute Gasteiger partial charge is 0.306 e. The molecule has 7 heteroatoms. The minimum absolute atomic E-state index is 0.155. The number of hydrogen-bond donors (Lipinski definition) is 0. The molecule has 0 spiro atoms. The monoisotopic (exact) mass is 363 g/mol. The molecule has 0 saturated carbocycles. The maximum Gasteiger partial charge on any atom is 0.372 e. The highest BCUT2D eigenvalue weighted by Crippen LogP contribution is 2.65. The Kier molecular flexibility index (Phi) is 7.81. The van der Waals surface area contributed by atoms with Crippen molar-refractivity contribution in [3.05, 3.63) is 48.6 Å².